The predicted octanol–water partition coefficient (Wildman–Crippen LogP) is 1.72. The van der Waals surface area contributed by atoms with Crippen LogP contribution in [0.4, 0.5) is 0 Å². The van der Waals surface area contributed by atoms with Gasteiger partial charge in [0.1, 0.15) is 17.6 Å². The highest BCUT2D eigenvalue weighted by molar-refractivity contribution is 6.11. The molecule has 2 aliphatic heterocycles. The fourth-order valence-corrected chi connectivity index (χ4v) is 5.50. The maximum Gasteiger partial charge on any atom is 0.228 e. The van der Waals surface area contributed by atoms with E-state index in [0.29, 0.717) is 23.4 Å². The van der Waals surface area contributed by atoms with Gasteiger partial charge in [0.05, 0.1) is 24.1 Å². The van der Waals surface area contributed by atoms with E-state index in [0.717, 1.165) is 5.56 Å². The van der Waals surface area contributed by atoms with Crippen LogP contribution < -0.4 is 0 Å². The number of hydrogen-bond acceptors (Lipinski definition) is 6. The number of aliphatic hydroxyl groups is 2. The van der Waals surface area contributed by atoms with Crippen LogP contribution in [0.2, 0.25) is 0 Å². The Balaban J connectivity index is 1.83. The first-order valence-corrected chi connectivity index (χ1v) is 10.5. The summed E-state index contributed by atoms with van der Waals surface area (Å²) in [6.07, 6.45) is 0.315. The molecule has 2 N–H and O–H groups in total. The van der Waals surface area contributed by atoms with Crippen molar-refractivity contribution in [3.05, 3.63) is 83.1 Å². The van der Waals surface area contributed by atoms with Crippen molar-refractivity contribution in [1.29, 1.82) is 5.26 Å². The molecule has 2 heterocycles. The van der Waals surface area contributed by atoms with E-state index in [2.05, 4.69) is 11.1 Å². The van der Waals surface area contributed by atoms with E-state index in [1.165, 1.54) is 4.90 Å². The van der Waals surface area contributed by atoms with Crippen molar-refractivity contribution in [3.63, 3.8) is 0 Å². The van der Waals surface area contributed by atoms with Crippen LogP contribution in [-0.2, 0) is 15.1 Å². The van der Waals surface area contributed by atoms with Crippen molar-refractivity contribution in [1.82, 2.24) is 4.90 Å². The minimum Gasteiger partial charge on any atom is -0.477 e. The summed E-state index contributed by atoms with van der Waals surface area (Å²) in [5.41, 5.74) is -1.39. The molecular weight excluding hydrogens is 406 g/mol. The SMILES string of the molecule is CN(C)C(=O)[C@H]1[C@@H](O)[C@@]2(O)C3=NCC=C3O[C@@]2(c2ccc(C#N)cc2)[C@@H]1c1ccccc1. The van der Waals surface area contributed by atoms with Gasteiger partial charge in [0, 0.05) is 20.0 Å². The highest BCUT2D eigenvalue weighted by Gasteiger charge is 2.79. The Hall–Kier alpha value is -3.47. The molecule has 0 unspecified atom stereocenters. The summed E-state index contributed by atoms with van der Waals surface area (Å²) in [4.78, 5) is 19.3. The van der Waals surface area contributed by atoms with E-state index in [9.17, 15) is 20.3 Å². The summed E-state index contributed by atoms with van der Waals surface area (Å²) in [5, 5.41) is 33.1. The molecule has 0 radical (unpaired) electrons. The van der Waals surface area contributed by atoms with Crippen molar-refractivity contribution in [2.45, 2.75) is 23.2 Å². The maximum absolute atomic E-state index is 13.4. The van der Waals surface area contributed by atoms with E-state index in [-0.39, 0.29) is 11.6 Å². The van der Waals surface area contributed by atoms with Gasteiger partial charge in [-0.3, -0.25) is 9.79 Å². The summed E-state index contributed by atoms with van der Waals surface area (Å²) in [6, 6.07) is 18.2. The quantitative estimate of drug-likeness (QED) is 0.773. The van der Waals surface area contributed by atoms with Crippen molar-refractivity contribution >= 4 is 11.6 Å². The van der Waals surface area contributed by atoms with Crippen LogP contribution in [0.3, 0.4) is 0 Å². The summed E-state index contributed by atoms with van der Waals surface area (Å²) < 4.78 is 6.52. The number of carbonyl (C=O) groups excluding carboxylic acids is 1. The molecule has 1 amide bonds. The van der Waals surface area contributed by atoms with Gasteiger partial charge < -0.3 is 19.8 Å². The second-order valence-corrected chi connectivity index (χ2v) is 8.64. The Bertz CT molecular complexity index is 1180. The number of aliphatic imine (C=N–C) groups is 1. The van der Waals surface area contributed by atoms with Crippen molar-refractivity contribution in [3.8, 4) is 6.07 Å². The highest BCUT2D eigenvalue weighted by Crippen LogP contribution is 2.65. The molecule has 5 atom stereocenters. The standard InChI is InChI=1S/C25H23N3O4/c1-28(2)23(30)19-20(16-6-4-3-5-7-16)25(17-10-8-15(14-26)9-11-17)24(31,22(19)29)21-18(32-25)12-13-27-21/h3-12,19-20,22,29,31H,13H2,1-2H3/t19-,20-,22-,24+,25+/m1/s1. The lowest BCUT2D eigenvalue weighted by Crippen LogP contribution is -2.56. The molecule has 7 heteroatoms. The van der Waals surface area contributed by atoms with E-state index in [1.54, 1.807) is 44.4 Å². The largest absolute Gasteiger partial charge is 0.477 e. The number of carbonyl (C=O) groups is 1. The first kappa shape index (κ1) is 20.4. The van der Waals surface area contributed by atoms with E-state index in [1.807, 2.05) is 30.3 Å². The topological polar surface area (TPSA) is 106 Å². The molecule has 162 valence electrons. The Kier molecular flexibility index (Phi) is 4.48. The van der Waals surface area contributed by atoms with E-state index < -0.39 is 29.1 Å². The van der Waals surface area contributed by atoms with Crippen LogP contribution in [0.25, 0.3) is 0 Å². The molecule has 2 fully saturated rings. The third-order valence-electron chi connectivity index (χ3n) is 6.85. The van der Waals surface area contributed by atoms with Gasteiger partial charge in [-0.2, -0.15) is 5.26 Å². The second kappa shape index (κ2) is 7.02. The van der Waals surface area contributed by atoms with Crippen LogP contribution in [0.5, 0.6) is 0 Å². The van der Waals surface area contributed by atoms with Crippen molar-refractivity contribution in [2.75, 3.05) is 20.6 Å². The van der Waals surface area contributed by atoms with Crippen molar-refractivity contribution in [2.24, 2.45) is 10.9 Å². The molecule has 0 bridgehead atoms. The summed E-state index contributed by atoms with van der Waals surface area (Å²) in [5.74, 6) is -1.57. The van der Waals surface area contributed by atoms with Crippen LogP contribution in [-0.4, -0.2) is 59.1 Å². The first-order chi connectivity index (χ1) is 15.4. The van der Waals surface area contributed by atoms with Gasteiger partial charge in [-0.05, 0) is 29.3 Å². The lowest BCUT2D eigenvalue weighted by atomic mass is 9.71. The van der Waals surface area contributed by atoms with Crippen LogP contribution in [0, 0.1) is 17.2 Å². The number of amides is 1. The predicted molar refractivity (Wildman–Crippen MR) is 117 cm³/mol. The number of hydrogen-bond donors (Lipinski definition) is 2. The minimum atomic E-state index is -1.94. The van der Waals surface area contributed by atoms with Gasteiger partial charge in [0.15, 0.2) is 11.2 Å². The number of rotatable bonds is 3. The third kappa shape index (κ3) is 2.42. The molecule has 7 nitrogen and oxygen atoms in total. The van der Waals surface area contributed by atoms with Crippen LogP contribution in [0.15, 0.2) is 71.4 Å². The highest BCUT2D eigenvalue weighted by atomic mass is 16.5. The normalized spacial score (nSPS) is 32.3. The number of nitrogens with zero attached hydrogens (tertiary/aromatic N) is 3. The molecule has 2 aromatic rings. The molecule has 1 aliphatic carbocycles. The second-order valence-electron chi connectivity index (χ2n) is 8.64. The Morgan fingerprint density at radius 1 is 1.19 bits per heavy atom. The molecule has 1 saturated heterocycles. The molecule has 3 aliphatic rings. The molecule has 0 aromatic heterocycles. The molecule has 0 spiro atoms. The minimum absolute atomic E-state index is 0.268. The fraction of sp³-hybridized carbons (Fsp3) is 0.320. The Morgan fingerprint density at radius 2 is 1.88 bits per heavy atom. The van der Waals surface area contributed by atoms with Gasteiger partial charge >= 0.3 is 0 Å². The van der Waals surface area contributed by atoms with E-state index in [4.69, 9.17) is 4.74 Å². The Labute approximate surface area is 185 Å². The van der Waals surface area contributed by atoms with Gasteiger partial charge in [-0.15, -0.1) is 0 Å². The zero-order chi connectivity index (χ0) is 22.7. The van der Waals surface area contributed by atoms with Gasteiger partial charge in [-0.1, -0.05) is 42.5 Å². The molecule has 1 saturated carbocycles. The van der Waals surface area contributed by atoms with Gasteiger partial charge in [0.25, 0.3) is 0 Å². The molecule has 5 rings (SSSR count). The third-order valence-corrected chi connectivity index (χ3v) is 6.85. The number of aliphatic hydroxyl groups excluding tert-OH is 1. The number of nitriles is 1. The molecule has 32 heavy (non-hydrogen) atoms. The lowest BCUT2D eigenvalue weighted by Gasteiger charge is -2.40. The first-order valence-electron chi connectivity index (χ1n) is 10.5. The Morgan fingerprint density at radius 3 is 2.50 bits per heavy atom. The number of fused-ring (bicyclic) bond motifs is 3. The average molecular weight is 429 g/mol. The van der Waals surface area contributed by atoms with E-state index >= 15 is 0 Å². The molecule has 2 aromatic carbocycles. The van der Waals surface area contributed by atoms with Gasteiger partial charge in [-0.25, -0.2) is 0 Å². The smallest absolute Gasteiger partial charge is 0.228 e. The average Bonchev–Trinajstić information content (AvgIpc) is 3.42. The van der Waals surface area contributed by atoms with Gasteiger partial charge in [0.2, 0.25) is 5.91 Å². The zero-order valence-electron chi connectivity index (χ0n) is 17.8. The molecular formula is C25H23N3O4. The monoisotopic (exact) mass is 429 g/mol. The lowest BCUT2D eigenvalue weighted by molar-refractivity contribution is -0.139. The summed E-state index contributed by atoms with van der Waals surface area (Å²) in [6.45, 7) is 0.339. The van der Waals surface area contributed by atoms with Crippen LogP contribution >= 0.6 is 0 Å². The fourth-order valence-electron chi connectivity index (χ4n) is 5.50. The maximum atomic E-state index is 13.4. The van der Waals surface area contributed by atoms with Crippen LogP contribution in [0.1, 0.15) is 22.6 Å². The number of ether oxygens (including phenoxy) is 1. The summed E-state index contributed by atoms with van der Waals surface area (Å²) >= 11 is 0. The zero-order valence-corrected chi connectivity index (χ0v) is 17.8. The number of benzene rings is 2. The summed E-state index contributed by atoms with van der Waals surface area (Å²) in [7, 11) is 3.26. The van der Waals surface area contributed by atoms with Crippen molar-refractivity contribution < 1.29 is 19.7 Å².